The Labute approximate surface area is 241 Å². The van der Waals surface area contributed by atoms with E-state index in [1.165, 1.54) is 21.5 Å². The average molecular weight is 595 g/mol. The molecule has 8 nitrogen and oxygen atoms in total. The summed E-state index contributed by atoms with van der Waals surface area (Å²) in [7, 11) is -2.43. The third kappa shape index (κ3) is 4.49. The highest BCUT2D eigenvalue weighted by Gasteiger charge is 2.43. The normalized spacial score (nSPS) is 14.9. The third-order valence-electron chi connectivity index (χ3n) is 7.26. The number of methoxy groups -OCH3 is 1. The SMILES string of the molecule is COCOC1(c2ncc(-c3c(Cl)cnc4c3cc(-c3ccc(N)cc3)n4S(=O)(=O)c3ccc(C)cc3)s2)CCC1. The molecule has 40 heavy (non-hydrogen) atoms. The molecule has 1 aliphatic rings. The first-order chi connectivity index (χ1) is 19.2. The van der Waals surface area contributed by atoms with Crippen LogP contribution in [0.2, 0.25) is 5.02 Å². The van der Waals surface area contributed by atoms with Crippen LogP contribution in [-0.4, -0.2) is 36.3 Å². The Morgan fingerprint density at radius 2 is 1.80 bits per heavy atom. The molecular formula is C29H27ClN4O4S2. The van der Waals surface area contributed by atoms with Gasteiger partial charge >= 0.3 is 0 Å². The summed E-state index contributed by atoms with van der Waals surface area (Å²) in [4.78, 5) is 10.2. The van der Waals surface area contributed by atoms with Crippen molar-refractivity contribution in [1.82, 2.24) is 13.9 Å². The van der Waals surface area contributed by atoms with Crippen LogP contribution in [0.5, 0.6) is 0 Å². The molecule has 0 saturated heterocycles. The predicted molar refractivity (Wildman–Crippen MR) is 158 cm³/mol. The lowest BCUT2D eigenvalue weighted by Gasteiger charge is -2.39. The van der Waals surface area contributed by atoms with Gasteiger partial charge in [-0.3, -0.25) is 0 Å². The van der Waals surface area contributed by atoms with Gasteiger partial charge in [-0.25, -0.2) is 22.4 Å². The maximum absolute atomic E-state index is 14.1. The summed E-state index contributed by atoms with van der Waals surface area (Å²) in [5.74, 6) is 0. The molecule has 206 valence electrons. The Morgan fingerprint density at radius 1 is 1.07 bits per heavy atom. The van der Waals surface area contributed by atoms with Gasteiger partial charge in [-0.2, -0.15) is 0 Å². The monoisotopic (exact) mass is 594 g/mol. The Bertz CT molecular complexity index is 1810. The van der Waals surface area contributed by atoms with Gasteiger partial charge in [0.05, 0.1) is 20.5 Å². The summed E-state index contributed by atoms with van der Waals surface area (Å²) in [6.07, 6.45) is 6.02. The largest absolute Gasteiger partial charge is 0.399 e. The highest BCUT2D eigenvalue weighted by Crippen LogP contribution is 2.49. The van der Waals surface area contributed by atoms with Crippen LogP contribution in [0.25, 0.3) is 32.7 Å². The topological polar surface area (TPSA) is 109 Å². The summed E-state index contributed by atoms with van der Waals surface area (Å²) >= 11 is 8.25. The van der Waals surface area contributed by atoms with E-state index in [2.05, 4.69) is 4.98 Å². The fraction of sp³-hybridized carbons (Fsp3) is 0.241. The summed E-state index contributed by atoms with van der Waals surface area (Å²) in [5.41, 5.74) is 9.07. The van der Waals surface area contributed by atoms with Crippen molar-refractivity contribution in [2.24, 2.45) is 0 Å². The molecule has 2 N–H and O–H groups in total. The van der Waals surface area contributed by atoms with Gasteiger partial charge in [0.2, 0.25) is 0 Å². The summed E-state index contributed by atoms with van der Waals surface area (Å²) in [5, 5.41) is 1.85. The molecule has 0 radical (unpaired) electrons. The van der Waals surface area contributed by atoms with Crippen molar-refractivity contribution in [3.05, 3.63) is 82.6 Å². The van der Waals surface area contributed by atoms with Crippen molar-refractivity contribution < 1.29 is 17.9 Å². The maximum Gasteiger partial charge on any atom is 0.269 e. The minimum Gasteiger partial charge on any atom is -0.399 e. The van der Waals surface area contributed by atoms with Crippen LogP contribution >= 0.6 is 22.9 Å². The molecule has 2 aromatic carbocycles. The van der Waals surface area contributed by atoms with Crippen LogP contribution in [0, 0.1) is 6.92 Å². The summed E-state index contributed by atoms with van der Waals surface area (Å²) in [6.45, 7) is 2.09. The predicted octanol–water partition coefficient (Wildman–Crippen LogP) is 6.61. The van der Waals surface area contributed by atoms with Crippen molar-refractivity contribution in [2.75, 3.05) is 19.6 Å². The fourth-order valence-corrected chi connectivity index (χ4v) is 7.93. The van der Waals surface area contributed by atoms with Crippen molar-refractivity contribution in [2.45, 2.75) is 36.7 Å². The van der Waals surface area contributed by atoms with E-state index in [0.29, 0.717) is 32.9 Å². The zero-order chi connectivity index (χ0) is 28.1. The van der Waals surface area contributed by atoms with Crippen LogP contribution in [0.15, 0.2) is 71.9 Å². The average Bonchev–Trinajstić information content (AvgIpc) is 3.55. The Hall–Kier alpha value is -3.28. The van der Waals surface area contributed by atoms with Crippen LogP contribution in [0.4, 0.5) is 5.69 Å². The number of hydrogen-bond acceptors (Lipinski definition) is 8. The van der Waals surface area contributed by atoms with Gasteiger partial charge in [-0.1, -0.05) is 41.4 Å². The zero-order valence-corrected chi connectivity index (χ0v) is 24.3. The molecule has 0 unspecified atom stereocenters. The van der Waals surface area contributed by atoms with Gasteiger partial charge in [-0.15, -0.1) is 11.3 Å². The highest BCUT2D eigenvalue weighted by molar-refractivity contribution is 7.90. The number of nitrogens with two attached hydrogens (primary N) is 1. The molecular weight excluding hydrogens is 568 g/mol. The maximum atomic E-state index is 14.1. The van der Waals surface area contributed by atoms with Crippen LogP contribution in [0.3, 0.4) is 0 Å². The number of halogens is 1. The van der Waals surface area contributed by atoms with Gasteiger partial charge in [-0.05, 0) is 62.1 Å². The standard InChI is InChI=1S/C29H27ClN4O4S2/c1-18-4-10-21(11-5-18)40(35,36)34-24(19-6-8-20(31)9-7-19)14-22-26(23(30)15-32-27(22)34)25-16-33-28(39-25)29(12-3-13-29)38-17-37-2/h4-11,14-16H,3,12-13,17,31H2,1-2H3. The van der Waals surface area contributed by atoms with E-state index in [9.17, 15) is 8.42 Å². The second-order valence-electron chi connectivity index (χ2n) is 9.88. The molecule has 0 amide bonds. The van der Waals surface area contributed by atoms with Crippen LogP contribution in [0.1, 0.15) is 29.8 Å². The van der Waals surface area contributed by atoms with Crippen molar-refractivity contribution in [3.8, 4) is 21.7 Å². The summed E-state index contributed by atoms with van der Waals surface area (Å²) in [6, 6.07) is 15.7. The second kappa shape index (κ2) is 10.3. The molecule has 0 aliphatic heterocycles. The van der Waals surface area contributed by atoms with E-state index >= 15 is 0 Å². The van der Waals surface area contributed by atoms with Crippen LogP contribution in [-0.2, 0) is 25.1 Å². The molecule has 5 aromatic rings. The molecule has 11 heteroatoms. The second-order valence-corrected chi connectivity index (χ2v) is 13.1. The van der Waals surface area contributed by atoms with E-state index in [4.69, 9.17) is 31.8 Å². The minimum atomic E-state index is -4.03. The first-order valence-electron chi connectivity index (χ1n) is 12.7. The highest BCUT2D eigenvalue weighted by atomic mass is 35.5. The van der Waals surface area contributed by atoms with E-state index in [1.54, 1.807) is 61.8 Å². The number of aryl methyl sites for hydroxylation is 1. The fourth-order valence-electron chi connectivity index (χ4n) is 4.95. The van der Waals surface area contributed by atoms with Crippen molar-refractivity contribution in [1.29, 1.82) is 0 Å². The van der Waals surface area contributed by atoms with Gasteiger partial charge in [0.15, 0.2) is 5.65 Å². The molecule has 3 heterocycles. The van der Waals surface area contributed by atoms with E-state index in [-0.39, 0.29) is 17.3 Å². The van der Waals surface area contributed by atoms with Gasteiger partial charge < -0.3 is 15.2 Å². The Morgan fingerprint density at radius 3 is 2.45 bits per heavy atom. The van der Waals surface area contributed by atoms with Crippen molar-refractivity contribution >= 4 is 49.7 Å². The number of thiazole rings is 1. The van der Waals surface area contributed by atoms with Crippen LogP contribution < -0.4 is 5.73 Å². The van der Waals surface area contributed by atoms with Crippen molar-refractivity contribution in [3.63, 3.8) is 0 Å². The first kappa shape index (κ1) is 26.9. The zero-order valence-electron chi connectivity index (χ0n) is 21.9. The quantitative estimate of drug-likeness (QED) is 0.159. The van der Waals surface area contributed by atoms with E-state index < -0.39 is 15.6 Å². The molecule has 0 spiro atoms. The number of nitrogen functional groups attached to an aromatic ring is 1. The van der Waals surface area contributed by atoms with Gasteiger partial charge in [0.25, 0.3) is 10.0 Å². The number of fused-ring (bicyclic) bond motifs is 1. The molecule has 1 aliphatic carbocycles. The lowest BCUT2D eigenvalue weighted by atomic mass is 9.80. The Kier molecular flexibility index (Phi) is 6.92. The number of pyridine rings is 1. The number of rotatable bonds is 8. The number of anilines is 1. The number of nitrogens with zero attached hydrogens (tertiary/aromatic N) is 3. The molecule has 0 atom stereocenters. The molecule has 3 aromatic heterocycles. The van der Waals surface area contributed by atoms with E-state index in [1.807, 2.05) is 13.0 Å². The lowest BCUT2D eigenvalue weighted by molar-refractivity contribution is -0.171. The smallest absolute Gasteiger partial charge is 0.269 e. The van der Waals surface area contributed by atoms with Gasteiger partial charge in [0, 0.05) is 36.1 Å². The van der Waals surface area contributed by atoms with Gasteiger partial charge in [0.1, 0.15) is 17.4 Å². The molecule has 1 fully saturated rings. The number of ether oxygens (including phenoxy) is 2. The minimum absolute atomic E-state index is 0.160. The third-order valence-corrected chi connectivity index (χ3v) is 10.5. The summed E-state index contributed by atoms with van der Waals surface area (Å²) < 4.78 is 40.7. The number of aromatic nitrogens is 3. The molecule has 1 saturated carbocycles. The first-order valence-corrected chi connectivity index (χ1v) is 15.3. The Balaban J connectivity index is 1.57. The molecule has 6 rings (SSSR count). The number of hydrogen-bond donors (Lipinski definition) is 1. The molecule has 0 bridgehead atoms. The lowest BCUT2D eigenvalue weighted by Crippen LogP contribution is -2.37. The number of benzene rings is 2. The van der Waals surface area contributed by atoms with E-state index in [0.717, 1.165) is 34.7 Å².